The molecule has 0 aliphatic carbocycles. The molecule has 1 aromatic carbocycles. The SMILES string of the molecule is CCc1cnc2c(ccc3nc4cnc(C(=O)OC(C)C)c(CC)c4c32)[nH]1. The van der Waals surface area contributed by atoms with Crippen LogP contribution in [-0.4, -0.2) is 32.0 Å². The van der Waals surface area contributed by atoms with E-state index in [2.05, 4.69) is 16.9 Å². The molecule has 0 amide bonds. The lowest BCUT2D eigenvalue weighted by molar-refractivity contribution is 0.0370. The standard InChI is InChI=1S/C21H22N4O2/c1-5-12-9-22-20-15(24-12)8-7-14-18(20)17-13(6-2)19(21(26)27-11(3)4)23-10-16(17)25-14/h7-11,24H,5-6H2,1-4H3. The van der Waals surface area contributed by atoms with Crippen LogP contribution >= 0.6 is 0 Å². The molecule has 0 spiro atoms. The quantitative estimate of drug-likeness (QED) is 0.546. The Morgan fingerprint density at radius 1 is 1.07 bits per heavy atom. The highest BCUT2D eigenvalue weighted by Gasteiger charge is 2.22. The molecule has 0 atom stereocenters. The van der Waals surface area contributed by atoms with Crippen LogP contribution in [0.2, 0.25) is 0 Å². The summed E-state index contributed by atoms with van der Waals surface area (Å²) in [6.45, 7) is 7.77. The van der Waals surface area contributed by atoms with Crippen molar-refractivity contribution in [3.63, 3.8) is 0 Å². The highest BCUT2D eigenvalue weighted by atomic mass is 16.5. The predicted molar refractivity (Wildman–Crippen MR) is 106 cm³/mol. The Kier molecular flexibility index (Phi) is 4.26. The van der Waals surface area contributed by atoms with Gasteiger partial charge < -0.3 is 9.72 Å². The normalized spacial score (nSPS) is 11.7. The lowest BCUT2D eigenvalue weighted by atomic mass is 10.0. The van der Waals surface area contributed by atoms with Gasteiger partial charge in [-0.3, -0.25) is 4.98 Å². The van der Waals surface area contributed by atoms with Gasteiger partial charge in [0.05, 0.1) is 34.4 Å². The van der Waals surface area contributed by atoms with E-state index in [-0.39, 0.29) is 6.10 Å². The highest BCUT2D eigenvalue weighted by molar-refractivity contribution is 6.20. The Labute approximate surface area is 157 Å². The fourth-order valence-electron chi connectivity index (χ4n) is 3.51. The minimum Gasteiger partial charge on any atom is -0.458 e. The zero-order chi connectivity index (χ0) is 19.1. The van der Waals surface area contributed by atoms with E-state index in [1.165, 1.54) is 0 Å². The number of carbonyl (C=O) groups is 1. The number of aryl methyl sites for hydroxylation is 2. The number of carbonyl (C=O) groups excluding carboxylic acids is 1. The van der Waals surface area contributed by atoms with Crippen molar-refractivity contribution in [2.45, 2.75) is 46.6 Å². The molecule has 4 aromatic rings. The minimum absolute atomic E-state index is 0.196. The number of hydrogen-bond donors (Lipinski definition) is 1. The molecule has 0 fully saturated rings. The summed E-state index contributed by atoms with van der Waals surface area (Å²) < 4.78 is 5.39. The van der Waals surface area contributed by atoms with Gasteiger partial charge in [0.25, 0.3) is 0 Å². The zero-order valence-electron chi connectivity index (χ0n) is 16.0. The summed E-state index contributed by atoms with van der Waals surface area (Å²) in [5, 5.41) is 1.90. The number of benzene rings is 1. The topological polar surface area (TPSA) is 80.8 Å². The van der Waals surface area contributed by atoms with Crippen molar-refractivity contribution in [2.75, 3.05) is 0 Å². The first-order valence-corrected chi connectivity index (χ1v) is 9.32. The highest BCUT2D eigenvalue weighted by Crippen LogP contribution is 2.34. The molecule has 6 nitrogen and oxygen atoms in total. The van der Waals surface area contributed by atoms with Gasteiger partial charge in [0.1, 0.15) is 0 Å². The first-order chi connectivity index (χ1) is 13.0. The smallest absolute Gasteiger partial charge is 0.357 e. The molecular weight excluding hydrogens is 340 g/mol. The summed E-state index contributed by atoms with van der Waals surface area (Å²) in [5.74, 6) is -0.397. The molecule has 3 aromatic heterocycles. The van der Waals surface area contributed by atoms with Gasteiger partial charge in [-0.2, -0.15) is 0 Å². The molecule has 0 aliphatic rings. The van der Waals surface area contributed by atoms with Crippen molar-refractivity contribution in [3.05, 3.63) is 41.5 Å². The average Bonchev–Trinajstić information content (AvgIpc) is 3.05. The number of fused-ring (bicyclic) bond motifs is 5. The van der Waals surface area contributed by atoms with E-state index in [4.69, 9.17) is 14.7 Å². The van der Waals surface area contributed by atoms with Crippen LogP contribution in [0.25, 0.3) is 32.8 Å². The van der Waals surface area contributed by atoms with E-state index < -0.39 is 5.97 Å². The van der Waals surface area contributed by atoms with Crippen molar-refractivity contribution in [2.24, 2.45) is 0 Å². The van der Waals surface area contributed by atoms with E-state index >= 15 is 0 Å². The second kappa shape index (κ2) is 6.61. The minimum atomic E-state index is -0.397. The first-order valence-electron chi connectivity index (χ1n) is 9.32. The number of aromatic amines is 1. The number of rotatable bonds is 4. The summed E-state index contributed by atoms with van der Waals surface area (Å²) in [4.78, 5) is 29.8. The number of nitrogens with one attached hydrogen (secondary N) is 1. The van der Waals surface area contributed by atoms with Crippen LogP contribution in [0.3, 0.4) is 0 Å². The van der Waals surface area contributed by atoms with Gasteiger partial charge in [-0.1, -0.05) is 13.8 Å². The largest absolute Gasteiger partial charge is 0.458 e. The van der Waals surface area contributed by atoms with Crippen molar-refractivity contribution >= 4 is 38.8 Å². The number of pyridine rings is 1. The Balaban J connectivity index is 2.07. The van der Waals surface area contributed by atoms with Crippen molar-refractivity contribution in [3.8, 4) is 0 Å². The number of hydrogen-bond acceptors (Lipinski definition) is 5. The molecule has 6 heteroatoms. The van der Waals surface area contributed by atoms with Gasteiger partial charge in [-0.05, 0) is 44.4 Å². The van der Waals surface area contributed by atoms with E-state index in [0.717, 1.165) is 50.5 Å². The van der Waals surface area contributed by atoms with Gasteiger partial charge in [0.15, 0.2) is 5.69 Å². The molecule has 4 rings (SSSR count). The van der Waals surface area contributed by atoms with Gasteiger partial charge in [0.2, 0.25) is 0 Å². The Hall–Kier alpha value is -3.02. The molecule has 0 radical (unpaired) electrons. The number of esters is 1. The van der Waals surface area contributed by atoms with Crippen LogP contribution in [0.1, 0.15) is 49.4 Å². The van der Waals surface area contributed by atoms with Crippen LogP contribution in [0.5, 0.6) is 0 Å². The monoisotopic (exact) mass is 362 g/mol. The van der Waals surface area contributed by atoms with Crippen LogP contribution in [0.15, 0.2) is 24.5 Å². The van der Waals surface area contributed by atoms with E-state index in [1.54, 1.807) is 6.20 Å². The van der Waals surface area contributed by atoms with Crippen LogP contribution in [-0.2, 0) is 17.6 Å². The van der Waals surface area contributed by atoms with Crippen molar-refractivity contribution < 1.29 is 9.53 Å². The summed E-state index contributed by atoms with van der Waals surface area (Å²) in [6.07, 6.45) is 4.86. The number of ether oxygens (including phenoxy) is 1. The summed E-state index contributed by atoms with van der Waals surface area (Å²) >= 11 is 0. The fourth-order valence-corrected chi connectivity index (χ4v) is 3.51. The zero-order valence-corrected chi connectivity index (χ0v) is 16.0. The number of nitrogens with zero attached hydrogens (tertiary/aromatic N) is 3. The maximum absolute atomic E-state index is 12.6. The third-order valence-corrected chi connectivity index (χ3v) is 4.72. The summed E-state index contributed by atoms with van der Waals surface area (Å²) in [6, 6.07) is 3.99. The average molecular weight is 362 g/mol. The van der Waals surface area contributed by atoms with Crippen LogP contribution < -0.4 is 0 Å². The molecule has 0 saturated heterocycles. The number of H-pyrrole nitrogens is 1. The van der Waals surface area contributed by atoms with Gasteiger partial charge in [0, 0.05) is 22.7 Å². The fraction of sp³-hybridized carbons (Fsp3) is 0.333. The van der Waals surface area contributed by atoms with Gasteiger partial charge in [-0.15, -0.1) is 0 Å². The van der Waals surface area contributed by atoms with Crippen molar-refractivity contribution in [1.29, 1.82) is 0 Å². The molecule has 138 valence electrons. The second-order valence-corrected chi connectivity index (χ2v) is 6.88. The summed E-state index contributed by atoms with van der Waals surface area (Å²) in [7, 11) is 0. The maximum Gasteiger partial charge on any atom is 0.357 e. The summed E-state index contributed by atoms with van der Waals surface area (Å²) in [5.41, 5.74) is 5.74. The first kappa shape index (κ1) is 17.4. The molecular formula is C21H22N4O2. The Morgan fingerprint density at radius 3 is 2.59 bits per heavy atom. The predicted octanol–water partition coefficient (Wildman–Crippen LogP) is 4.35. The molecule has 1 N–H and O–H groups in total. The number of aromatic nitrogens is 4. The third kappa shape index (κ3) is 2.81. The Morgan fingerprint density at radius 2 is 1.89 bits per heavy atom. The lowest BCUT2D eigenvalue weighted by Gasteiger charge is -2.11. The molecule has 27 heavy (non-hydrogen) atoms. The van der Waals surface area contributed by atoms with E-state index in [0.29, 0.717) is 12.1 Å². The van der Waals surface area contributed by atoms with Gasteiger partial charge >= 0.3 is 5.97 Å². The van der Waals surface area contributed by atoms with Crippen LogP contribution in [0.4, 0.5) is 0 Å². The molecule has 0 unspecified atom stereocenters. The lowest BCUT2D eigenvalue weighted by Crippen LogP contribution is -2.15. The van der Waals surface area contributed by atoms with Gasteiger partial charge in [-0.25, -0.2) is 14.8 Å². The van der Waals surface area contributed by atoms with E-state index in [1.807, 2.05) is 39.1 Å². The van der Waals surface area contributed by atoms with Crippen LogP contribution in [0, 0.1) is 0 Å². The molecule has 0 saturated carbocycles. The maximum atomic E-state index is 12.6. The van der Waals surface area contributed by atoms with E-state index in [9.17, 15) is 4.79 Å². The molecule has 0 aliphatic heterocycles. The second-order valence-electron chi connectivity index (χ2n) is 6.88. The molecule has 3 heterocycles. The Bertz CT molecular complexity index is 1180. The third-order valence-electron chi connectivity index (χ3n) is 4.72. The molecule has 0 bridgehead atoms. The van der Waals surface area contributed by atoms with Crippen molar-refractivity contribution in [1.82, 2.24) is 19.9 Å².